The minimum Gasteiger partial charge on any atom is -0.481 e. The van der Waals surface area contributed by atoms with Crippen LogP contribution in [-0.2, 0) is 9.59 Å². The van der Waals surface area contributed by atoms with Gasteiger partial charge in [-0.25, -0.2) is 4.79 Å². The van der Waals surface area contributed by atoms with Gasteiger partial charge in [0.15, 0.2) is 0 Å². The van der Waals surface area contributed by atoms with Crippen LogP contribution in [0.5, 0.6) is 0 Å². The zero-order chi connectivity index (χ0) is 13.3. The average Bonchev–Trinajstić information content (AvgIpc) is 2.22. The first-order valence-electron chi connectivity index (χ1n) is 4.97. The Morgan fingerprint density at radius 1 is 1.47 bits per heavy atom. The maximum absolute atomic E-state index is 11.2. The van der Waals surface area contributed by atoms with E-state index in [2.05, 4.69) is 17.2 Å². The average molecular weight is 260 g/mol. The Morgan fingerprint density at radius 2 is 2.12 bits per heavy atom. The van der Waals surface area contributed by atoms with E-state index in [9.17, 15) is 14.4 Å². The summed E-state index contributed by atoms with van der Waals surface area (Å²) in [5.41, 5.74) is 0. The summed E-state index contributed by atoms with van der Waals surface area (Å²) in [6.45, 7) is 5.40. The third-order valence-electron chi connectivity index (χ3n) is 1.62. The maximum Gasteiger partial charge on any atom is 0.321 e. The predicted octanol–water partition coefficient (Wildman–Crippen LogP) is 0.595. The normalized spacial score (nSPS) is 11.4. The van der Waals surface area contributed by atoms with E-state index in [4.69, 9.17) is 5.11 Å². The molecule has 0 aliphatic heterocycles. The lowest BCUT2D eigenvalue weighted by Gasteiger charge is -2.08. The molecule has 6 nitrogen and oxygen atoms in total. The van der Waals surface area contributed by atoms with Crippen molar-refractivity contribution in [2.45, 2.75) is 18.6 Å². The molecule has 0 aliphatic rings. The fraction of sp³-hybridized carbons (Fsp3) is 0.500. The third-order valence-corrected chi connectivity index (χ3v) is 2.79. The molecule has 1 atom stereocenters. The van der Waals surface area contributed by atoms with E-state index in [1.54, 1.807) is 6.92 Å². The van der Waals surface area contributed by atoms with Gasteiger partial charge in [0.25, 0.3) is 0 Å². The molecule has 7 heteroatoms. The van der Waals surface area contributed by atoms with Crippen molar-refractivity contribution in [3.05, 3.63) is 12.7 Å². The van der Waals surface area contributed by atoms with E-state index >= 15 is 0 Å². The van der Waals surface area contributed by atoms with E-state index in [0.29, 0.717) is 0 Å². The van der Waals surface area contributed by atoms with Crippen LogP contribution in [0.4, 0.5) is 4.79 Å². The van der Waals surface area contributed by atoms with Crippen LogP contribution in [0.15, 0.2) is 12.7 Å². The summed E-state index contributed by atoms with van der Waals surface area (Å²) in [6.07, 6.45) is 1.48. The fourth-order valence-electron chi connectivity index (χ4n) is 0.895. The Bertz CT molecular complexity index is 307. The van der Waals surface area contributed by atoms with Crippen LogP contribution in [0.3, 0.4) is 0 Å². The van der Waals surface area contributed by atoms with E-state index in [0.717, 1.165) is 0 Å². The number of thioether (sulfide) groups is 1. The standard InChI is InChI=1S/C10H16N2O4S/c1-3-4-11-10(16)12-8(13)6-17-7(2)5-9(14)15/h3,7H,1,4-6H2,2H3,(H,14,15)(H2,11,12,13,16). The minimum absolute atomic E-state index is 0.0133. The highest BCUT2D eigenvalue weighted by molar-refractivity contribution is 8.00. The van der Waals surface area contributed by atoms with Crippen LogP contribution < -0.4 is 10.6 Å². The first-order chi connectivity index (χ1) is 7.95. The van der Waals surface area contributed by atoms with Gasteiger partial charge in [0, 0.05) is 11.8 Å². The number of carbonyl (C=O) groups is 3. The van der Waals surface area contributed by atoms with Gasteiger partial charge >= 0.3 is 12.0 Å². The third kappa shape index (κ3) is 9.43. The molecule has 0 aliphatic carbocycles. The fourth-order valence-corrected chi connectivity index (χ4v) is 1.66. The van der Waals surface area contributed by atoms with Gasteiger partial charge < -0.3 is 10.4 Å². The smallest absolute Gasteiger partial charge is 0.321 e. The van der Waals surface area contributed by atoms with E-state index in [1.807, 2.05) is 0 Å². The van der Waals surface area contributed by atoms with Crippen LogP contribution >= 0.6 is 11.8 Å². The molecule has 0 aromatic rings. The van der Waals surface area contributed by atoms with Crippen molar-refractivity contribution in [1.82, 2.24) is 10.6 Å². The zero-order valence-corrected chi connectivity index (χ0v) is 10.4. The van der Waals surface area contributed by atoms with Crippen molar-refractivity contribution in [1.29, 1.82) is 0 Å². The number of rotatable bonds is 7. The van der Waals surface area contributed by atoms with Crippen molar-refractivity contribution in [3.8, 4) is 0 Å². The molecule has 0 heterocycles. The summed E-state index contributed by atoms with van der Waals surface area (Å²) >= 11 is 1.19. The van der Waals surface area contributed by atoms with Gasteiger partial charge in [0.1, 0.15) is 0 Å². The van der Waals surface area contributed by atoms with E-state index in [1.165, 1.54) is 17.8 Å². The summed E-state index contributed by atoms with van der Waals surface area (Å²) in [7, 11) is 0. The van der Waals surface area contributed by atoms with Crippen LogP contribution in [0.2, 0.25) is 0 Å². The van der Waals surface area contributed by atoms with E-state index < -0.39 is 17.9 Å². The lowest BCUT2D eigenvalue weighted by Crippen LogP contribution is -2.40. The summed E-state index contributed by atoms with van der Waals surface area (Å²) in [5, 5.41) is 12.8. The second kappa shape index (κ2) is 8.63. The summed E-state index contributed by atoms with van der Waals surface area (Å²) < 4.78 is 0. The van der Waals surface area contributed by atoms with Gasteiger partial charge in [0.2, 0.25) is 5.91 Å². The van der Waals surface area contributed by atoms with Gasteiger partial charge in [-0.1, -0.05) is 13.0 Å². The van der Waals surface area contributed by atoms with Crippen LogP contribution in [-0.4, -0.2) is 40.6 Å². The summed E-state index contributed by atoms with van der Waals surface area (Å²) in [5.74, 6) is -1.31. The molecule has 0 aromatic carbocycles. The van der Waals surface area contributed by atoms with Crippen LogP contribution in [0.1, 0.15) is 13.3 Å². The molecule has 0 aromatic heterocycles. The Labute approximate surface area is 104 Å². The molecule has 0 radical (unpaired) electrons. The number of imide groups is 1. The molecule has 0 rings (SSSR count). The van der Waals surface area contributed by atoms with Crippen molar-refractivity contribution < 1.29 is 19.5 Å². The number of hydrogen-bond acceptors (Lipinski definition) is 4. The number of carbonyl (C=O) groups excluding carboxylic acids is 2. The Morgan fingerprint density at radius 3 is 2.65 bits per heavy atom. The molecule has 96 valence electrons. The van der Waals surface area contributed by atoms with Crippen molar-refractivity contribution >= 4 is 29.7 Å². The molecule has 3 N–H and O–H groups in total. The summed E-state index contributed by atoms with van der Waals surface area (Å²) in [6, 6.07) is -0.582. The highest BCUT2D eigenvalue weighted by Gasteiger charge is 2.12. The van der Waals surface area contributed by atoms with Gasteiger partial charge in [-0.05, 0) is 0 Å². The van der Waals surface area contributed by atoms with Crippen molar-refractivity contribution in [2.75, 3.05) is 12.3 Å². The molecular formula is C10H16N2O4S. The monoisotopic (exact) mass is 260 g/mol. The van der Waals surface area contributed by atoms with E-state index in [-0.39, 0.29) is 24.0 Å². The summed E-state index contributed by atoms with van der Waals surface area (Å²) in [4.78, 5) is 32.6. The number of carboxylic acids is 1. The van der Waals surface area contributed by atoms with Gasteiger partial charge in [-0.15, -0.1) is 18.3 Å². The number of amides is 3. The topological polar surface area (TPSA) is 95.5 Å². The minimum atomic E-state index is -0.908. The Balaban J connectivity index is 3.75. The molecule has 0 bridgehead atoms. The van der Waals surface area contributed by atoms with Crippen molar-refractivity contribution in [3.63, 3.8) is 0 Å². The van der Waals surface area contributed by atoms with Crippen LogP contribution in [0, 0.1) is 0 Å². The first kappa shape index (κ1) is 15.5. The number of aliphatic carboxylic acids is 1. The Hall–Kier alpha value is -1.50. The second-order valence-electron chi connectivity index (χ2n) is 3.27. The zero-order valence-electron chi connectivity index (χ0n) is 9.56. The SMILES string of the molecule is C=CCNC(=O)NC(=O)CSC(C)CC(=O)O. The van der Waals surface area contributed by atoms with Crippen molar-refractivity contribution in [2.24, 2.45) is 0 Å². The number of nitrogens with one attached hydrogen (secondary N) is 2. The lowest BCUT2D eigenvalue weighted by atomic mass is 10.3. The molecule has 1 unspecified atom stereocenters. The van der Waals surface area contributed by atoms with Gasteiger partial charge in [-0.3, -0.25) is 14.9 Å². The molecule has 0 fully saturated rings. The molecule has 3 amide bonds. The predicted molar refractivity (Wildman–Crippen MR) is 65.9 cm³/mol. The molecular weight excluding hydrogens is 244 g/mol. The highest BCUT2D eigenvalue weighted by Crippen LogP contribution is 2.13. The molecule has 0 saturated carbocycles. The molecule has 0 spiro atoms. The maximum atomic E-state index is 11.2. The van der Waals surface area contributed by atoms with Gasteiger partial charge in [-0.2, -0.15) is 0 Å². The Kier molecular flexibility index (Phi) is 7.87. The quantitative estimate of drug-likeness (QED) is 0.582. The number of hydrogen-bond donors (Lipinski definition) is 3. The van der Waals surface area contributed by atoms with Gasteiger partial charge in [0.05, 0.1) is 12.2 Å². The van der Waals surface area contributed by atoms with Crippen LogP contribution in [0.25, 0.3) is 0 Å². The highest BCUT2D eigenvalue weighted by atomic mass is 32.2. The molecule has 17 heavy (non-hydrogen) atoms. The largest absolute Gasteiger partial charge is 0.481 e. The first-order valence-corrected chi connectivity index (χ1v) is 6.02. The molecule has 0 saturated heterocycles. The number of carboxylic acid groups (broad SMARTS) is 1. The lowest BCUT2D eigenvalue weighted by molar-refractivity contribution is -0.136. The number of urea groups is 1. The second-order valence-corrected chi connectivity index (χ2v) is 4.69.